The van der Waals surface area contributed by atoms with Gasteiger partial charge in [-0.2, -0.15) is 0 Å². The van der Waals surface area contributed by atoms with Crippen LogP contribution in [0.5, 0.6) is 0 Å². The second kappa shape index (κ2) is 4.17. The van der Waals surface area contributed by atoms with E-state index in [1.807, 2.05) is 6.08 Å². The SMILES string of the molecule is COC1=CC2(C)CCC(C(C)C)=CC2=CC1=O. The van der Waals surface area contributed by atoms with E-state index in [0.717, 1.165) is 18.4 Å². The van der Waals surface area contributed by atoms with E-state index in [4.69, 9.17) is 4.74 Å². The number of carbonyl (C=O) groups is 1. The second-order valence-electron chi connectivity index (χ2n) is 5.47. The molecule has 0 fully saturated rings. The van der Waals surface area contributed by atoms with E-state index < -0.39 is 0 Å². The first-order valence-electron chi connectivity index (χ1n) is 6.20. The fourth-order valence-electron chi connectivity index (χ4n) is 2.53. The van der Waals surface area contributed by atoms with Crippen LogP contribution >= 0.6 is 0 Å². The largest absolute Gasteiger partial charge is 0.493 e. The predicted molar refractivity (Wildman–Crippen MR) is 68.4 cm³/mol. The molecular formula is C15H20O2. The Bertz CT molecular complexity index is 438. The number of hydrogen-bond donors (Lipinski definition) is 0. The number of ketones is 1. The van der Waals surface area contributed by atoms with E-state index in [1.54, 1.807) is 13.2 Å². The summed E-state index contributed by atoms with van der Waals surface area (Å²) in [6, 6.07) is 0. The highest BCUT2D eigenvalue weighted by atomic mass is 16.5. The number of allylic oxidation sites excluding steroid dienone is 5. The Kier molecular flexibility index (Phi) is 2.98. The maximum atomic E-state index is 11.8. The Hall–Kier alpha value is -1.31. The van der Waals surface area contributed by atoms with Crippen LogP contribution in [0.15, 0.2) is 35.1 Å². The summed E-state index contributed by atoms with van der Waals surface area (Å²) >= 11 is 0. The minimum Gasteiger partial charge on any atom is -0.493 e. The molecule has 0 saturated heterocycles. The Morgan fingerprint density at radius 2 is 2.06 bits per heavy atom. The first kappa shape index (κ1) is 12.2. The highest BCUT2D eigenvalue weighted by Crippen LogP contribution is 2.44. The van der Waals surface area contributed by atoms with Gasteiger partial charge in [0.05, 0.1) is 7.11 Å². The number of methoxy groups -OCH3 is 1. The molecule has 17 heavy (non-hydrogen) atoms. The van der Waals surface area contributed by atoms with Crippen molar-refractivity contribution < 1.29 is 9.53 Å². The number of hydrogen-bond acceptors (Lipinski definition) is 2. The fraction of sp³-hybridized carbons (Fsp3) is 0.533. The van der Waals surface area contributed by atoms with Crippen LogP contribution in [0.4, 0.5) is 0 Å². The van der Waals surface area contributed by atoms with Gasteiger partial charge in [-0.3, -0.25) is 4.79 Å². The van der Waals surface area contributed by atoms with Gasteiger partial charge in [0.15, 0.2) is 5.76 Å². The van der Waals surface area contributed by atoms with Gasteiger partial charge >= 0.3 is 0 Å². The van der Waals surface area contributed by atoms with Crippen LogP contribution in [0.25, 0.3) is 0 Å². The van der Waals surface area contributed by atoms with Gasteiger partial charge in [-0.25, -0.2) is 0 Å². The van der Waals surface area contributed by atoms with Crippen LogP contribution in [0.3, 0.4) is 0 Å². The van der Waals surface area contributed by atoms with E-state index in [9.17, 15) is 4.79 Å². The normalized spacial score (nSPS) is 28.3. The van der Waals surface area contributed by atoms with Crippen LogP contribution in [0.2, 0.25) is 0 Å². The van der Waals surface area contributed by atoms with Crippen LogP contribution < -0.4 is 0 Å². The topological polar surface area (TPSA) is 26.3 Å². The second-order valence-corrected chi connectivity index (χ2v) is 5.47. The van der Waals surface area contributed by atoms with Crippen molar-refractivity contribution in [3.63, 3.8) is 0 Å². The van der Waals surface area contributed by atoms with Crippen LogP contribution in [-0.2, 0) is 9.53 Å². The van der Waals surface area contributed by atoms with Gasteiger partial charge in [-0.1, -0.05) is 32.4 Å². The molecular weight excluding hydrogens is 212 g/mol. The lowest BCUT2D eigenvalue weighted by atomic mass is 9.68. The Labute approximate surface area is 103 Å². The molecule has 0 radical (unpaired) electrons. The highest BCUT2D eigenvalue weighted by molar-refractivity contribution is 6.04. The standard InChI is InChI=1S/C15H20O2/c1-10(2)11-5-6-15(3)9-14(17-4)13(16)8-12(15)7-11/h7-10H,5-6H2,1-4H3. The van der Waals surface area contributed by atoms with Gasteiger partial charge in [0.1, 0.15) is 0 Å². The van der Waals surface area contributed by atoms with Crippen molar-refractivity contribution in [3.8, 4) is 0 Å². The van der Waals surface area contributed by atoms with E-state index in [0.29, 0.717) is 11.7 Å². The number of carbonyl (C=O) groups excluding carboxylic acids is 1. The minimum absolute atomic E-state index is 0.0127. The lowest BCUT2D eigenvalue weighted by Crippen LogP contribution is -2.27. The van der Waals surface area contributed by atoms with Crippen molar-refractivity contribution in [1.82, 2.24) is 0 Å². The van der Waals surface area contributed by atoms with E-state index >= 15 is 0 Å². The average Bonchev–Trinajstić information content (AvgIpc) is 2.28. The third kappa shape index (κ3) is 2.08. The molecule has 0 spiro atoms. The van der Waals surface area contributed by atoms with Crippen molar-refractivity contribution >= 4 is 5.78 Å². The average molecular weight is 232 g/mol. The van der Waals surface area contributed by atoms with Gasteiger partial charge in [-0.15, -0.1) is 0 Å². The molecule has 1 unspecified atom stereocenters. The minimum atomic E-state index is -0.0301. The molecule has 0 aromatic carbocycles. The van der Waals surface area contributed by atoms with Crippen LogP contribution in [0.1, 0.15) is 33.6 Å². The van der Waals surface area contributed by atoms with Crippen molar-refractivity contribution in [2.24, 2.45) is 11.3 Å². The van der Waals surface area contributed by atoms with Gasteiger partial charge in [0.2, 0.25) is 5.78 Å². The van der Waals surface area contributed by atoms with Gasteiger partial charge in [-0.05, 0) is 36.5 Å². The van der Waals surface area contributed by atoms with Crippen molar-refractivity contribution in [3.05, 3.63) is 35.1 Å². The molecule has 0 amide bonds. The van der Waals surface area contributed by atoms with Gasteiger partial charge in [0, 0.05) is 5.41 Å². The third-order valence-electron chi connectivity index (χ3n) is 3.87. The molecule has 0 heterocycles. The number of ether oxygens (including phenoxy) is 1. The third-order valence-corrected chi connectivity index (χ3v) is 3.87. The molecule has 2 aliphatic rings. The fourth-order valence-corrected chi connectivity index (χ4v) is 2.53. The van der Waals surface area contributed by atoms with E-state index in [-0.39, 0.29) is 11.2 Å². The quantitative estimate of drug-likeness (QED) is 0.729. The zero-order valence-electron chi connectivity index (χ0n) is 11.0. The molecule has 0 aliphatic heterocycles. The zero-order valence-corrected chi connectivity index (χ0v) is 11.0. The van der Waals surface area contributed by atoms with Crippen molar-refractivity contribution in [2.75, 3.05) is 7.11 Å². The molecule has 0 saturated carbocycles. The highest BCUT2D eigenvalue weighted by Gasteiger charge is 2.35. The van der Waals surface area contributed by atoms with Crippen LogP contribution in [-0.4, -0.2) is 12.9 Å². The Balaban J connectivity index is 2.40. The summed E-state index contributed by atoms with van der Waals surface area (Å²) in [5.41, 5.74) is 2.55. The Morgan fingerprint density at radius 1 is 1.35 bits per heavy atom. The summed E-state index contributed by atoms with van der Waals surface area (Å²) in [7, 11) is 1.56. The summed E-state index contributed by atoms with van der Waals surface area (Å²) in [6.07, 6.45) is 8.09. The molecule has 2 nitrogen and oxygen atoms in total. The molecule has 0 N–H and O–H groups in total. The molecule has 2 heteroatoms. The molecule has 0 aromatic rings. The predicted octanol–water partition coefficient (Wildman–Crippen LogP) is 3.41. The zero-order chi connectivity index (χ0) is 12.6. The molecule has 92 valence electrons. The van der Waals surface area contributed by atoms with E-state index in [1.165, 1.54) is 5.57 Å². The van der Waals surface area contributed by atoms with Gasteiger partial charge < -0.3 is 4.74 Å². The summed E-state index contributed by atoms with van der Waals surface area (Å²) < 4.78 is 5.14. The summed E-state index contributed by atoms with van der Waals surface area (Å²) in [6.45, 7) is 6.59. The summed E-state index contributed by atoms with van der Waals surface area (Å²) in [5.74, 6) is 1.03. The summed E-state index contributed by atoms with van der Waals surface area (Å²) in [4.78, 5) is 11.8. The van der Waals surface area contributed by atoms with Crippen molar-refractivity contribution in [1.29, 1.82) is 0 Å². The first-order chi connectivity index (χ1) is 7.96. The molecule has 2 aliphatic carbocycles. The lowest BCUT2D eigenvalue weighted by Gasteiger charge is -2.36. The lowest BCUT2D eigenvalue weighted by molar-refractivity contribution is -0.114. The number of rotatable bonds is 2. The molecule has 0 bridgehead atoms. The monoisotopic (exact) mass is 232 g/mol. The first-order valence-corrected chi connectivity index (χ1v) is 6.20. The maximum absolute atomic E-state index is 11.8. The molecule has 0 aromatic heterocycles. The molecule has 2 rings (SSSR count). The molecule has 1 atom stereocenters. The van der Waals surface area contributed by atoms with Crippen LogP contribution in [0, 0.1) is 11.3 Å². The summed E-state index contributed by atoms with van der Waals surface area (Å²) in [5, 5.41) is 0. The van der Waals surface area contributed by atoms with Crippen molar-refractivity contribution in [2.45, 2.75) is 33.6 Å². The van der Waals surface area contributed by atoms with E-state index in [2.05, 4.69) is 26.8 Å². The number of fused-ring (bicyclic) bond motifs is 1. The van der Waals surface area contributed by atoms with Gasteiger partial charge in [0.25, 0.3) is 0 Å². The Morgan fingerprint density at radius 3 is 2.65 bits per heavy atom. The maximum Gasteiger partial charge on any atom is 0.220 e. The smallest absolute Gasteiger partial charge is 0.220 e.